The van der Waals surface area contributed by atoms with Crippen LogP contribution in [0.5, 0.6) is 0 Å². The monoisotopic (exact) mass is 586 g/mol. The number of para-hydroxylation sites is 4. The first-order valence-corrected chi connectivity index (χ1v) is 15.6. The number of hydrogen-bond donors (Lipinski definition) is 0. The number of aromatic nitrogens is 4. The van der Waals surface area contributed by atoms with Gasteiger partial charge in [-0.15, -0.1) is 0 Å². The second-order valence-corrected chi connectivity index (χ2v) is 11.9. The quantitative estimate of drug-likeness (QED) is 0.206. The van der Waals surface area contributed by atoms with Crippen molar-refractivity contribution in [2.24, 2.45) is 0 Å². The summed E-state index contributed by atoms with van der Waals surface area (Å²) in [5.41, 5.74) is 9.12. The van der Waals surface area contributed by atoms with Gasteiger partial charge in [-0.3, -0.25) is 4.57 Å². The van der Waals surface area contributed by atoms with Crippen molar-refractivity contribution in [2.45, 2.75) is 0 Å². The molecule has 7 aromatic carbocycles. The molecule has 4 nitrogen and oxygen atoms in total. The third kappa shape index (κ3) is 3.61. The van der Waals surface area contributed by atoms with E-state index in [1.807, 2.05) is 24.4 Å². The summed E-state index contributed by atoms with van der Waals surface area (Å²) in [6.45, 7) is 0. The molecule has 0 saturated carbocycles. The van der Waals surface area contributed by atoms with Crippen LogP contribution in [0.25, 0.3) is 88.0 Å². The highest BCUT2D eigenvalue weighted by molar-refractivity contribution is 6.21. The van der Waals surface area contributed by atoms with E-state index in [1.165, 1.54) is 60.2 Å². The molecule has 0 atom stereocenters. The van der Waals surface area contributed by atoms with E-state index in [9.17, 15) is 0 Å². The smallest absolute Gasteiger partial charge is 0.235 e. The highest BCUT2D eigenvalue weighted by Crippen LogP contribution is 2.39. The van der Waals surface area contributed by atoms with Gasteiger partial charge in [-0.25, -0.2) is 9.97 Å². The molecule has 0 fully saturated rings. The summed E-state index contributed by atoms with van der Waals surface area (Å²) in [6, 6.07) is 54.2. The van der Waals surface area contributed by atoms with Gasteiger partial charge in [-0.1, -0.05) is 103 Å². The first-order valence-electron chi connectivity index (χ1n) is 15.6. The zero-order valence-corrected chi connectivity index (χ0v) is 24.8. The molecule has 4 heteroatoms. The van der Waals surface area contributed by atoms with Crippen LogP contribution >= 0.6 is 0 Å². The van der Waals surface area contributed by atoms with Crippen molar-refractivity contribution < 1.29 is 0 Å². The van der Waals surface area contributed by atoms with Crippen LogP contribution in [0.1, 0.15) is 0 Å². The molecule has 0 N–H and O–H groups in total. The number of fused-ring (bicyclic) bond motifs is 9. The maximum absolute atomic E-state index is 4.97. The lowest BCUT2D eigenvalue weighted by Gasteiger charge is -2.10. The molecule has 0 aliphatic carbocycles. The molecule has 0 radical (unpaired) electrons. The third-order valence-corrected chi connectivity index (χ3v) is 9.35. The van der Waals surface area contributed by atoms with Gasteiger partial charge < -0.3 is 4.57 Å². The van der Waals surface area contributed by atoms with E-state index in [0.717, 1.165) is 21.9 Å². The summed E-state index contributed by atoms with van der Waals surface area (Å²) in [7, 11) is 0. The summed E-state index contributed by atoms with van der Waals surface area (Å²) >= 11 is 0. The van der Waals surface area contributed by atoms with Crippen molar-refractivity contribution in [3.63, 3.8) is 0 Å². The summed E-state index contributed by atoms with van der Waals surface area (Å²) in [6.07, 6.45) is 1.92. The molecule has 0 bridgehead atoms. The lowest BCUT2D eigenvalue weighted by molar-refractivity contribution is 1.01. The summed E-state index contributed by atoms with van der Waals surface area (Å²) < 4.78 is 4.57. The Hall–Kier alpha value is -6.26. The van der Waals surface area contributed by atoms with Gasteiger partial charge in [0.2, 0.25) is 5.95 Å². The molecule has 3 aromatic heterocycles. The Labute approximate surface area is 264 Å². The number of benzene rings is 7. The van der Waals surface area contributed by atoms with Crippen LogP contribution in [0, 0.1) is 0 Å². The van der Waals surface area contributed by atoms with E-state index in [0.29, 0.717) is 5.95 Å². The van der Waals surface area contributed by atoms with Crippen molar-refractivity contribution in [3.05, 3.63) is 158 Å². The minimum Gasteiger partial charge on any atom is -0.309 e. The van der Waals surface area contributed by atoms with E-state index >= 15 is 0 Å². The standard InChI is InChI=1S/C42H26N4/c1-2-11-31(12-3-1)45-37-16-8-5-13-33(37)34-22-19-28(25-40(34)45)27-18-21-32-29(24-27)20-23-39-41(32)35-14-6-9-17-38(35)46(39)42-43-26-30-10-4-7-15-36(30)44-42/h1-26H. The highest BCUT2D eigenvalue weighted by Gasteiger charge is 2.18. The van der Waals surface area contributed by atoms with Crippen LogP contribution < -0.4 is 0 Å². The van der Waals surface area contributed by atoms with Gasteiger partial charge in [0, 0.05) is 38.8 Å². The molecule has 0 saturated heterocycles. The Balaban J connectivity index is 1.18. The Bertz CT molecular complexity index is 2810. The molecule has 0 spiro atoms. The van der Waals surface area contributed by atoms with Gasteiger partial charge in [0.05, 0.1) is 27.6 Å². The van der Waals surface area contributed by atoms with Crippen molar-refractivity contribution in [1.82, 2.24) is 19.1 Å². The number of rotatable bonds is 3. The van der Waals surface area contributed by atoms with Crippen molar-refractivity contribution in [3.8, 4) is 22.8 Å². The summed E-state index contributed by atoms with van der Waals surface area (Å²) in [5.74, 6) is 0.683. The molecule has 10 aromatic rings. The SMILES string of the molecule is c1ccc(-n2c3ccccc3c3ccc(-c4ccc5c(ccc6c5c5ccccc5n6-c5ncc6ccccc6n5)c4)cc32)cc1. The first-order chi connectivity index (χ1) is 22.8. The van der Waals surface area contributed by atoms with Gasteiger partial charge in [-0.05, 0) is 70.4 Å². The van der Waals surface area contributed by atoms with E-state index in [1.54, 1.807) is 0 Å². The molecular formula is C42H26N4. The topological polar surface area (TPSA) is 35.6 Å². The van der Waals surface area contributed by atoms with Gasteiger partial charge in [0.15, 0.2) is 0 Å². The normalized spacial score (nSPS) is 11.9. The van der Waals surface area contributed by atoms with Crippen molar-refractivity contribution in [1.29, 1.82) is 0 Å². The molecule has 0 amide bonds. The maximum atomic E-state index is 4.97. The average Bonchev–Trinajstić information content (AvgIpc) is 3.64. The van der Waals surface area contributed by atoms with E-state index in [2.05, 4.69) is 143 Å². The molecule has 10 rings (SSSR count). The predicted molar refractivity (Wildman–Crippen MR) is 191 cm³/mol. The second-order valence-electron chi connectivity index (χ2n) is 11.9. The molecular weight excluding hydrogens is 560 g/mol. The fourth-order valence-corrected chi connectivity index (χ4v) is 7.27. The molecule has 0 aliphatic rings. The number of nitrogens with zero attached hydrogens (tertiary/aromatic N) is 4. The van der Waals surface area contributed by atoms with Gasteiger partial charge in [0.1, 0.15) is 0 Å². The predicted octanol–water partition coefficient (Wildman–Crippen LogP) is 10.6. The highest BCUT2D eigenvalue weighted by atomic mass is 15.2. The van der Waals surface area contributed by atoms with Crippen LogP contribution in [-0.4, -0.2) is 19.1 Å². The summed E-state index contributed by atoms with van der Waals surface area (Å²) in [5, 5.41) is 8.40. The fraction of sp³-hybridized carbons (Fsp3) is 0. The van der Waals surface area contributed by atoms with Gasteiger partial charge >= 0.3 is 0 Å². The molecule has 46 heavy (non-hydrogen) atoms. The van der Waals surface area contributed by atoms with Crippen LogP contribution in [0.2, 0.25) is 0 Å². The van der Waals surface area contributed by atoms with Crippen LogP contribution in [0.4, 0.5) is 0 Å². The minimum absolute atomic E-state index is 0.683. The average molecular weight is 587 g/mol. The fourth-order valence-electron chi connectivity index (χ4n) is 7.27. The zero-order chi connectivity index (χ0) is 30.2. The van der Waals surface area contributed by atoms with Crippen molar-refractivity contribution in [2.75, 3.05) is 0 Å². The largest absolute Gasteiger partial charge is 0.309 e. The van der Waals surface area contributed by atoms with Crippen LogP contribution in [-0.2, 0) is 0 Å². The number of hydrogen-bond acceptors (Lipinski definition) is 2. The summed E-state index contributed by atoms with van der Waals surface area (Å²) in [4.78, 5) is 9.77. The molecule has 214 valence electrons. The lowest BCUT2D eigenvalue weighted by Crippen LogP contribution is -2.00. The maximum Gasteiger partial charge on any atom is 0.235 e. The van der Waals surface area contributed by atoms with E-state index in [-0.39, 0.29) is 0 Å². The molecule has 0 unspecified atom stereocenters. The molecule has 3 heterocycles. The van der Waals surface area contributed by atoms with Gasteiger partial charge in [-0.2, -0.15) is 0 Å². The minimum atomic E-state index is 0.683. The Kier molecular flexibility index (Phi) is 5.25. The van der Waals surface area contributed by atoms with Crippen molar-refractivity contribution >= 4 is 65.3 Å². The molecule has 0 aliphatic heterocycles. The van der Waals surface area contributed by atoms with Crippen LogP contribution in [0.3, 0.4) is 0 Å². The Morgan fingerprint density at radius 2 is 1.09 bits per heavy atom. The van der Waals surface area contributed by atoms with Gasteiger partial charge in [0.25, 0.3) is 0 Å². The van der Waals surface area contributed by atoms with Crippen LogP contribution in [0.15, 0.2) is 158 Å². The lowest BCUT2D eigenvalue weighted by atomic mass is 9.97. The van der Waals surface area contributed by atoms with E-state index < -0.39 is 0 Å². The second kappa shape index (κ2) is 9.62. The first kappa shape index (κ1) is 25.1. The van der Waals surface area contributed by atoms with E-state index in [4.69, 9.17) is 9.97 Å². The Morgan fingerprint density at radius 1 is 0.413 bits per heavy atom. The third-order valence-electron chi connectivity index (χ3n) is 9.35. The zero-order valence-electron chi connectivity index (χ0n) is 24.8. The Morgan fingerprint density at radius 3 is 1.96 bits per heavy atom.